The highest BCUT2D eigenvalue weighted by Gasteiger charge is 2.33. The van der Waals surface area contributed by atoms with Crippen LogP contribution in [0, 0.1) is 12.8 Å². The monoisotopic (exact) mass is 345 g/mol. The molecule has 0 saturated heterocycles. The summed E-state index contributed by atoms with van der Waals surface area (Å²) in [5.74, 6) is 1.72. The van der Waals surface area contributed by atoms with Gasteiger partial charge in [-0.25, -0.2) is 4.98 Å². The van der Waals surface area contributed by atoms with Gasteiger partial charge in [-0.2, -0.15) is 0 Å². The van der Waals surface area contributed by atoms with Crippen LogP contribution in [0.15, 0.2) is 42.5 Å². The number of carbonyl (C=O) groups is 1. The number of carbonyl (C=O) groups excluding carboxylic acids is 1. The molecule has 3 aromatic rings. The van der Waals surface area contributed by atoms with Gasteiger partial charge in [-0.3, -0.25) is 4.79 Å². The first-order chi connectivity index (χ1) is 12.7. The SMILES string of the molecule is Cc1ccc(C(NC(=O)c2ccc3nc4n(c3c2)CCC4)C2CC2)cc1. The van der Waals surface area contributed by atoms with E-state index in [0.717, 1.165) is 41.8 Å². The maximum atomic E-state index is 13.0. The van der Waals surface area contributed by atoms with Crippen molar-refractivity contribution in [2.75, 3.05) is 0 Å². The summed E-state index contributed by atoms with van der Waals surface area (Å²) in [6, 6.07) is 14.5. The van der Waals surface area contributed by atoms with Gasteiger partial charge in [0.25, 0.3) is 5.91 Å². The largest absolute Gasteiger partial charge is 0.345 e. The van der Waals surface area contributed by atoms with Crippen LogP contribution in [0.5, 0.6) is 0 Å². The highest BCUT2D eigenvalue weighted by molar-refractivity contribution is 5.97. The molecular formula is C22H23N3O. The van der Waals surface area contributed by atoms with Crippen LogP contribution >= 0.6 is 0 Å². The average molecular weight is 345 g/mol. The van der Waals surface area contributed by atoms with Gasteiger partial charge in [-0.1, -0.05) is 29.8 Å². The Kier molecular flexibility index (Phi) is 3.59. The minimum Gasteiger partial charge on any atom is -0.345 e. The van der Waals surface area contributed by atoms with Crippen molar-refractivity contribution in [2.24, 2.45) is 5.92 Å². The molecule has 1 N–H and O–H groups in total. The lowest BCUT2D eigenvalue weighted by molar-refractivity contribution is 0.0932. The summed E-state index contributed by atoms with van der Waals surface area (Å²) in [6.45, 7) is 3.10. The third-order valence-corrected chi connectivity index (χ3v) is 5.69. The number of nitrogens with one attached hydrogen (secondary N) is 1. The van der Waals surface area contributed by atoms with Crippen molar-refractivity contribution in [1.29, 1.82) is 0 Å². The Morgan fingerprint density at radius 3 is 2.77 bits per heavy atom. The van der Waals surface area contributed by atoms with E-state index in [1.54, 1.807) is 0 Å². The summed E-state index contributed by atoms with van der Waals surface area (Å²) in [5.41, 5.74) is 5.26. The fourth-order valence-corrected chi connectivity index (χ4v) is 4.05. The van der Waals surface area contributed by atoms with Crippen molar-refractivity contribution in [1.82, 2.24) is 14.9 Å². The lowest BCUT2D eigenvalue weighted by Crippen LogP contribution is -2.29. The molecule has 1 amide bonds. The first-order valence-electron chi connectivity index (χ1n) is 9.55. The molecular weight excluding hydrogens is 322 g/mol. The lowest BCUT2D eigenvalue weighted by atomic mass is 10.0. The molecule has 2 aromatic carbocycles. The number of amides is 1. The van der Waals surface area contributed by atoms with E-state index >= 15 is 0 Å². The molecule has 26 heavy (non-hydrogen) atoms. The van der Waals surface area contributed by atoms with Crippen molar-refractivity contribution in [3.05, 3.63) is 65.0 Å². The minimum atomic E-state index is 0.0120. The van der Waals surface area contributed by atoms with Gasteiger partial charge in [0.1, 0.15) is 5.82 Å². The fraction of sp³-hybridized carbons (Fsp3) is 0.364. The lowest BCUT2D eigenvalue weighted by Gasteiger charge is -2.19. The van der Waals surface area contributed by atoms with Gasteiger partial charge in [0.05, 0.1) is 17.1 Å². The van der Waals surface area contributed by atoms with Crippen LogP contribution in [0.2, 0.25) is 0 Å². The standard InChI is InChI=1S/C22H23N3O/c1-14-4-6-15(7-5-14)21(16-8-9-16)24-22(26)17-10-11-18-19(13-17)25-12-2-3-20(25)23-18/h4-7,10-11,13,16,21H,2-3,8-9,12H2,1H3,(H,24,26). The second kappa shape index (κ2) is 5.97. The molecule has 1 aliphatic heterocycles. The molecule has 1 fully saturated rings. The van der Waals surface area contributed by atoms with Gasteiger partial charge in [0.15, 0.2) is 0 Å². The summed E-state index contributed by atoms with van der Waals surface area (Å²) in [7, 11) is 0. The van der Waals surface area contributed by atoms with Crippen molar-refractivity contribution in [3.8, 4) is 0 Å². The predicted molar refractivity (Wildman–Crippen MR) is 102 cm³/mol. The third kappa shape index (κ3) is 2.70. The summed E-state index contributed by atoms with van der Waals surface area (Å²) in [6.07, 6.45) is 4.56. The van der Waals surface area contributed by atoms with Crippen molar-refractivity contribution in [2.45, 2.75) is 45.2 Å². The normalized spacial score (nSPS) is 17.3. The molecule has 0 radical (unpaired) electrons. The van der Waals surface area contributed by atoms with Crippen molar-refractivity contribution < 1.29 is 4.79 Å². The number of rotatable bonds is 4. The molecule has 132 valence electrons. The zero-order valence-electron chi connectivity index (χ0n) is 15.0. The van der Waals surface area contributed by atoms with E-state index in [-0.39, 0.29) is 11.9 Å². The zero-order chi connectivity index (χ0) is 17.7. The maximum absolute atomic E-state index is 13.0. The third-order valence-electron chi connectivity index (χ3n) is 5.69. The number of imidazole rings is 1. The summed E-state index contributed by atoms with van der Waals surface area (Å²) in [4.78, 5) is 17.6. The van der Waals surface area contributed by atoms with Crippen LogP contribution in [-0.2, 0) is 13.0 Å². The number of hydrogen-bond donors (Lipinski definition) is 1. The Labute approximate surface area is 153 Å². The Hall–Kier alpha value is -2.62. The van der Waals surface area contributed by atoms with Gasteiger partial charge in [0.2, 0.25) is 0 Å². The summed E-state index contributed by atoms with van der Waals surface area (Å²) >= 11 is 0. The molecule has 0 bridgehead atoms. The first kappa shape index (κ1) is 15.6. The molecule has 5 rings (SSSR count). The second-order valence-corrected chi connectivity index (χ2v) is 7.69. The second-order valence-electron chi connectivity index (χ2n) is 7.69. The van der Waals surface area contributed by atoms with Gasteiger partial charge in [-0.05, 0) is 55.9 Å². The van der Waals surface area contributed by atoms with Gasteiger partial charge < -0.3 is 9.88 Å². The molecule has 1 unspecified atom stereocenters. The topological polar surface area (TPSA) is 46.9 Å². The zero-order valence-corrected chi connectivity index (χ0v) is 15.0. The molecule has 0 spiro atoms. The molecule has 1 aromatic heterocycles. The fourth-order valence-electron chi connectivity index (χ4n) is 4.05. The van der Waals surface area contributed by atoms with Crippen LogP contribution in [0.4, 0.5) is 0 Å². The molecule has 4 heteroatoms. The predicted octanol–water partition coefficient (Wildman–Crippen LogP) is 4.17. The van der Waals surface area contributed by atoms with E-state index in [1.807, 2.05) is 18.2 Å². The number of hydrogen-bond acceptors (Lipinski definition) is 2. The number of benzene rings is 2. The van der Waals surface area contributed by atoms with Crippen LogP contribution in [-0.4, -0.2) is 15.5 Å². The Morgan fingerprint density at radius 1 is 1.19 bits per heavy atom. The smallest absolute Gasteiger partial charge is 0.251 e. The molecule has 1 atom stereocenters. The van der Waals surface area contributed by atoms with Crippen molar-refractivity contribution in [3.63, 3.8) is 0 Å². The van der Waals surface area contributed by atoms with E-state index in [1.165, 1.54) is 24.0 Å². The van der Waals surface area contributed by atoms with Gasteiger partial charge in [-0.15, -0.1) is 0 Å². The van der Waals surface area contributed by atoms with Crippen LogP contribution in [0.3, 0.4) is 0 Å². The average Bonchev–Trinajstić information content (AvgIpc) is 3.28. The van der Waals surface area contributed by atoms with E-state index in [0.29, 0.717) is 5.92 Å². The molecule has 2 heterocycles. The maximum Gasteiger partial charge on any atom is 0.251 e. The highest BCUT2D eigenvalue weighted by Crippen LogP contribution is 2.41. The Balaban J connectivity index is 1.43. The molecule has 1 aliphatic carbocycles. The summed E-state index contributed by atoms with van der Waals surface area (Å²) < 4.78 is 2.25. The number of aryl methyl sites for hydroxylation is 3. The van der Waals surface area contributed by atoms with Crippen LogP contribution in [0.25, 0.3) is 11.0 Å². The Morgan fingerprint density at radius 2 is 2.00 bits per heavy atom. The number of fused-ring (bicyclic) bond motifs is 3. The first-order valence-corrected chi connectivity index (χ1v) is 9.55. The van der Waals surface area contributed by atoms with E-state index < -0.39 is 0 Å². The highest BCUT2D eigenvalue weighted by atomic mass is 16.1. The molecule has 1 saturated carbocycles. The number of nitrogens with zero attached hydrogens (tertiary/aromatic N) is 2. The van der Waals surface area contributed by atoms with E-state index in [9.17, 15) is 4.79 Å². The quantitative estimate of drug-likeness (QED) is 0.771. The van der Waals surface area contributed by atoms with Crippen LogP contribution < -0.4 is 5.32 Å². The minimum absolute atomic E-state index is 0.0120. The van der Waals surface area contributed by atoms with E-state index in [4.69, 9.17) is 0 Å². The van der Waals surface area contributed by atoms with E-state index in [2.05, 4.69) is 46.1 Å². The van der Waals surface area contributed by atoms with Crippen LogP contribution in [0.1, 0.15) is 52.6 Å². The van der Waals surface area contributed by atoms with Crippen molar-refractivity contribution >= 4 is 16.9 Å². The summed E-state index contributed by atoms with van der Waals surface area (Å²) in [5, 5.41) is 3.29. The Bertz CT molecular complexity index is 983. The number of aromatic nitrogens is 2. The van der Waals surface area contributed by atoms with Gasteiger partial charge in [0, 0.05) is 18.5 Å². The van der Waals surface area contributed by atoms with Gasteiger partial charge >= 0.3 is 0 Å². The molecule has 2 aliphatic rings. The molecule has 4 nitrogen and oxygen atoms in total.